The molecule has 6 heteroatoms. The fourth-order valence-corrected chi connectivity index (χ4v) is 2.41. The molecule has 1 aromatic heterocycles. The van der Waals surface area contributed by atoms with E-state index in [1.807, 2.05) is 6.07 Å². The first-order valence-corrected chi connectivity index (χ1v) is 7.24. The van der Waals surface area contributed by atoms with Gasteiger partial charge in [-0.15, -0.1) is 0 Å². The van der Waals surface area contributed by atoms with Gasteiger partial charge in [0.1, 0.15) is 12.4 Å². The summed E-state index contributed by atoms with van der Waals surface area (Å²) < 4.78 is 14.8. The third-order valence-corrected chi connectivity index (χ3v) is 3.71. The minimum Gasteiger partial charge on any atom is -0.350 e. The van der Waals surface area contributed by atoms with Crippen molar-refractivity contribution in [1.29, 1.82) is 0 Å². The van der Waals surface area contributed by atoms with Crippen molar-refractivity contribution < 1.29 is 9.18 Å². The van der Waals surface area contributed by atoms with Crippen LogP contribution in [0.25, 0.3) is 11.0 Å². The van der Waals surface area contributed by atoms with Crippen molar-refractivity contribution in [3.63, 3.8) is 0 Å². The number of H-pyrrole nitrogens is 1. The third-order valence-electron chi connectivity index (χ3n) is 3.71. The molecule has 3 rings (SSSR count). The summed E-state index contributed by atoms with van der Waals surface area (Å²) in [6.45, 7) is 1.81. The molecule has 0 bridgehead atoms. The summed E-state index contributed by atoms with van der Waals surface area (Å²) in [5.74, 6) is -0.609. The van der Waals surface area contributed by atoms with E-state index in [-0.39, 0.29) is 30.5 Å². The van der Waals surface area contributed by atoms with Crippen LogP contribution in [0.3, 0.4) is 0 Å². The molecule has 0 aliphatic rings. The Morgan fingerprint density at radius 3 is 2.83 bits per heavy atom. The number of amides is 1. The predicted octanol–water partition coefficient (Wildman–Crippen LogP) is 2.09. The first-order chi connectivity index (χ1) is 11.0. The Hall–Kier alpha value is -2.89. The second-order valence-corrected chi connectivity index (χ2v) is 5.39. The van der Waals surface area contributed by atoms with Crippen LogP contribution < -0.4 is 11.0 Å². The molecule has 118 valence electrons. The SMILES string of the molecule is Cc1ccc(CNC(=O)Cn2c(=O)[nH]c3ccccc32)cc1F. The lowest BCUT2D eigenvalue weighted by Crippen LogP contribution is -2.31. The van der Waals surface area contributed by atoms with Gasteiger partial charge in [0.05, 0.1) is 11.0 Å². The molecule has 0 unspecified atom stereocenters. The van der Waals surface area contributed by atoms with Crippen molar-refractivity contribution in [2.24, 2.45) is 0 Å². The van der Waals surface area contributed by atoms with E-state index in [4.69, 9.17) is 0 Å². The average Bonchev–Trinajstić information content (AvgIpc) is 2.84. The van der Waals surface area contributed by atoms with E-state index >= 15 is 0 Å². The van der Waals surface area contributed by atoms with Gasteiger partial charge in [0.2, 0.25) is 5.91 Å². The van der Waals surface area contributed by atoms with Crippen molar-refractivity contribution in [2.75, 3.05) is 0 Å². The lowest BCUT2D eigenvalue weighted by Gasteiger charge is -2.07. The van der Waals surface area contributed by atoms with Crippen LogP contribution in [-0.4, -0.2) is 15.5 Å². The van der Waals surface area contributed by atoms with Crippen LogP contribution in [0.1, 0.15) is 11.1 Å². The van der Waals surface area contributed by atoms with Crippen LogP contribution in [0.15, 0.2) is 47.3 Å². The topological polar surface area (TPSA) is 66.9 Å². The largest absolute Gasteiger partial charge is 0.350 e. The lowest BCUT2D eigenvalue weighted by molar-refractivity contribution is -0.121. The molecule has 0 spiro atoms. The number of hydrogen-bond acceptors (Lipinski definition) is 2. The second kappa shape index (κ2) is 6.08. The first-order valence-electron chi connectivity index (χ1n) is 7.24. The summed E-state index contributed by atoms with van der Waals surface area (Å²) in [6.07, 6.45) is 0. The van der Waals surface area contributed by atoms with Crippen molar-refractivity contribution in [3.8, 4) is 0 Å². The van der Waals surface area contributed by atoms with Gasteiger partial charge in [-0.25, -0.2) is 9.18 Å². The van der Waals surface area contributed by atoms with E-state index in [0.717, 1.165) is 0 Å². The van der Waals surface area contributed by atoms with Crippen molar-refractivity contribution in [3.05, 3.63) is 69.9 Å². The van der Waals surface area contributed by atoms with E-state index in [0.29, 0.717) is 22.2 Å². The highest BCUT2D eigenvalue weighted by Crippen LogP contribution is 2.10. The molecule has 1 amide bonds. The van der Waals surface area contributed by atoms with E-state index in [1.54, 1.807) is 37.3 Å². The molecule has 0 saturated carbocycles. The van der Waals surface area contributed by atoms with E-state index < -0.39 is 0 Å². The summed E-state index contributed by atoms with van der Waals surface area (Å²) in [4.78, 5) is 26.7. The number of nitrogens with one attached hydrogen (secondary N) is 2. The second-order valence-electron chi connectivity index (χ2n) is 5.39. The Kier molecular flexibility index (Phi) is 3.97. The number of carbonyl (C=O) groups excluding carboxylic acids is 1. The molecule has 0 fully saturated rings. The molecule has 0 atom stereocenters. The van der Waals surface area contributed by atoms with Gasteiger partial charge in [0.25, 0.3) is 0 Å². The Labute approximate surface area is 131 Å². The molecule has 0 radical (unpaired) electrons. The maximum Gasteiger partial charge on any atom is 0.326 e. The molecule has 2 aromatic carbocycles. The normalized spacial score (nSPS) is 10.9. The van der Waals surface area contributed by atoms with Crippen molar-refractivity contribution in [2.45, 2.75) is 20.0 Å². The number of aromatic nitrogens is 2. The number of hydrogen-bond donors (Lipinski definition) is 2. The van der Waals surface area contributed by atoms with Gasteiger partial charge in [-0.2, -0.15) is 0 Å². The quantitative estimate of drug-likeness (QED) is 0.774. The number of halogens is 1. The summed E-state index contributed by atoms with van der Waals surface area (Å²) >= 11 is 0. The Morgan fingerprint density at radius 2 is 2.04 bits per heavy atom. The van der Waals surface area contributed by atoms with Crippen molar-refractivity contribution in [1.82, 2.24) is 14.9 Å². The molecule has 3 aromatic rings. The number of aryl methyl sites for hydroxylation is 1. The minimum atomic E-state index is -0.331. The molecular formula is C17H16FN3O2. The smallest absolute Gasteiger partial charge is 0.326 e. The minimum absolute atomic E-state index is 0.0861. The van der Waals surface area contributed by atoms with Gasteiger partial charge < -0.3 is 10.3 Å². The highest BCUT2D eigenvalue weighted by Gasteiger charge is 2.10. The molecular weight excluding hydrogens is 297 g/mol. The van der Waals surface area contributed by atoms with Crippen LogP contribution >= 0.6 is 0 Å². The Balaban J connectivity index is 1.70. The van der Waals surface area contributed by atoms with Gasteiger partial charge in [-0.05, 0) is 36.2 Å². The maximum absolute atomic E-state index is 13.5. The fourth-order valence-electron chi connectivity index (χ4n) is 2.41. The fraction of sp³-hybridized carbons (Fsp3) is 0.176. The van der Waals surface area contributed by atoms with Crippen LogP contribution in [-0.2, 0) is 17.9 Å². The number of benzene rings is 2. The monoisotopic (exact) mass is 313 g/mol. The van der Waals surface area contributed by atoms with E-state index in [2.05, 4.69) is 10.3 Å². The zero-order valence-electron chi connectivity index (χ0n) is 12.6. The average molecular weight is 313 g/mol. The van der Waals surface area contributed by atoms with Crippen molar-refractivity contribution >= 4 is 16.9 Å². The number of aromatic amines is 1. The molecule has 23 heavy (non-hydrogen) atoms. The number of nitrogens with zero attached hydrogens (tertiary/aromatic N) is 1. The van der Waals surface area contributed by atoms with Gasteiger partial charge in [-0.3, -0.25) is 9.36 Å². The zero-order valence-corrected chi connectivity index (χ0v) is 12.6. The molecule has 0 aliphatic carbocycles. The Bertz CT molecular complexity index is 927. The summed E-state index contributed by atoms with van der Waals surface area (Å²) in [6, 6.07) is 12.0. The molecule has 0 aliphatic heterocycles. The third kappa shape index (κ3) is 3.15. The first kappa shape index (κ1) is 15.0. The summed E-state index contributed by atoms with van der Waals surface area (Å²) in [7, 11) is 0. The predicted molar refractivity (Wildman–Crippen MR) is 85.5 cm³/mol. The van der Waals surface area contributed by atoms with Gasteiger partial charge in [-0.1, -0.05) is 24.3 Å². The van der Waals surface area contributed by atoms with Crippen LogP contribution in [0.5, 0.6) is 0 Å². The van der Waals surface area contributed by atoms with Gasteiger partial charge >= 0.3 is 5.69 Å². The Morgan fingerprint density at radius 1 is 1.26 bits per heavy atom. The highest BCUT2D eigenvalue weighted by atomic mass is 19.1. The number of imidazole rings is 1. The van der Waals surface area contributed by atoms with E-state index in [9.17, 15) is 14.0 Å². The molecule has 2 N–H and O–H groups in total. The highest BCUT2D eigenvalue weighted by molar-refractivity contribution is 5.80. The summed E-state index contributed by atoms with van der Waals surface area (Å²) in [5.41, 5.74) is 2.26. The van der Waals surface area contributed by atoms with Crippen LogP contribution in [0, 0.1) is 12.7 Å². The zero-order chi connectivity index (χ0) is 16.4. The van der Waals surface area contributed by atoms with Crippen LogP contribution in [0.4, 0.5) is 4.39 Å². The summed E-state index contributed by atoms with van der Waals surface area (Å²) in [5, 5.41) is 2.70. The molecule has 1 heterocycles. The number of carbonyl (C=O) groups is 1. The molecule has 5 nitrogen and oxygen atoms in total. The van der Waals surface area contributed by atoms with E-state index in [1.165, 1.54) is 10.6 Å². The van der Waals surface area contributed by atoms with Crippen LogP contribution in [0.2, 0.25) is 0 Å². The lowest BCUT2D eigenvalue weighted by atomic mass is 10.1. The number of para-hydroxylation sites is 2. The standard InChI is InChI=1S/C17H16FN3O2/c1-11-6-7-12(8-13(11)18)9-19-16(22)10-21-15-5-3-2-4-14(15)20-17(21)23/h2-8H,9-10H2,1H3,(H,19,22)(H,20,23). The maximum atomic E-state index is 13.5. The number of rotatable bonds is 4. The van der Waals surface area contributed by atoms with Gasteiger partial charge in [0.15, 0.2) is 0 Å². The number of fused-ring (bicyclic) bond motifs is 1. The molecule has 0 saturated heterocycles. The van der Waals surface area contributed by atoms with Gasteiger partial charge in [0, 0.05) is 6.54 Å².